The number of fused-ring (bicyclic) bond motifs is 1. The van der Waals surface area contributed by atoms with Crippen LogP contribution in [0.4, 0.5) is 17.6 Å². The molecule has 5 amide bonds. The number of ether oxygens (including phenoxy) is 3. The highest BCUT2D eigenvalue weighted by molar-refractivity contribution is 6.00. The molecular formula is C40H46F4N6O11. The fourth-order valence-corrected chi connectivity index (χ4v) is 5.53. The van der Waals surface area contributed by atoms with E-state index in [1.54, 1.807) is 44.2 Å². The molecular weight excluding hydrogens is 816 g/mol. The van der Waals surface area contributed by atoms with Gasteiger partial charge in [0, 0.05) is 11.5 Å². The molecule has 0 fully saturated rings. The van der Waals surface area contributed by atoms with Gasteiger partial charge in [-0.25, -0.2) is 13.8 Å². The summed E-state index contributed by atoms with van der Waals surface area (Å²) in [5.74, 6) is -18.1. The molecule has 330 valence electrons. The molecule has 21 heteroatoms. The van der Waals surface area contributed by atoms with Gasteiger partial charge in [0.15, 0.2) is 23.2 Å². The standard InChI is InChI=1S/C40H46F4N6O11/c1-18(2)33(39(57)45-20(5)36(54)47-26(15-29(52)59-6)28(51)17-61-35-31(43)22(41)14-23(42)32(35)44)50-38(56)27(16-30(53)60-7)48-40(58)34(19(3)4)49-37(55)25-13-12-21-10-8-9-11-24(21)46-25/h8-14,18-20,26-27,33-34H,15-17H2,1-7H3,(H,45,57)(H,47,54)(H,48,58)(H,49,55)(H,50,56)/t20-,26-,27-,33-,34-/m0/s1. The lowest BCUT2D eigenvalue weighted by molar-refractivity contribution is -0.144. The molecule has 0 spiro atoms. The number of Topliss-reactive ketones (excluding diaryl/α,β-unsaturated/α-hetero) is 1. The Bertz CT molecular complexity index is 2130. The average Bonchev–Trinajstić information content (AvgIpc) is 3.22. The third kappa shape index (κ3) is 13.4. The van der Waals surface area contributed by atoms with Crippen molar-refractivity contribution in [3.05, 3.63) is 71.4 Å². The quantitative estimate of drug-likeness (QED) is 0.0623. The molecule has 0 unspecified atom stereocenters. The summed E-state index contributed by atoms with van der Waals surface area (Å²) in [5, 5.41) is 12.8. The summed E-state index contributed by atoms with van der Waals surface area (Å²) in [6.07, 6.45) is -1.54. The smallest absolute Gasteiger partial charge is 0.308 e. The summed E-state index contributed by atoms with van der Waals surface area (Å²) >= 11 is 0. The molecule has 0 aliphatic rings. The van der Waals surface area contributed by atoms with Gasteiger partial charge in [0.25, 0.3) is 5.91 Å². The Hall–Kier alpha value is -6.67. The van der Waals surface area contributed by atoms with E-state index in [-0.39, 0.29) is 11.8 Å². The van der Waals surface area contributed by atoms with Gasteiger partial charge in [0.2, 0.25) is 35.3 Å². The van der Waals surface area contributed by atoms with Gasteiger partial charge in [-0.1, -0.05) is 52.0 Å². The normalized spacial score (nSPS) is 13.5. The van der Waals surface area contributed by atoms with E-state index in [2.05, 4.69) is 41.0 Å². The molecule has 61 heavy (non-hydrogen) atoms. The SMILES string of the molecule is COC(=O)C[C@H](NC(=O)[C@H](C)NC(=O)[C@@H](NC(=O)[C@H](CC(=O)OC)NC(=O)[C@@H](NC(=O)c1ccc2ccccc2n1)C(C)C)C(C)C)C(=O)COc1c(F)c(F)cc(F)c1F. The minimum Gasteiger partial charge on any atom is -0.479 e. The lowest BCUT2D eigenvalue weighted by atomic mass is 10.0. The summed E-state index contributed by atoms with van der Waals surface area (Å²) in [6, 6.07) is 2.56. The van der Waals surface area contributed by atoms with Gasteiger partial charge in [-0.05, 0) is 30.9 Å². The number of nitrogens with zero attached hydrogens (tertiary/aromatic N) is 1. The number of para-hydroxylation sites is 1. The maximum Gasteiger partial charge on any atom is 0.308 e. The van der Waals surface area contributed by atoms with Crippen molar-refractivity contribution in [1.82, 2.24) is 31.6 Å². The second-order valence-corrected chi connectivity index (χ2v) is 14.3. The largest absolute Gasteiger partial charge is 0.479 e. The summed E-state index contributed by atoms with van der Waals surface area (Å²) in [5.41, 5.74) is 0.551. The van der Waals surface area contributed by atoms with Crippen molar-refractivity contribution in [2.24, 2.45) is 11.8 Å². The predicted octanol–water partition coefficient (Wildman–Crippen LogP) is 1.94. The van der Waals surface area contributed by atoms with Crippen LogP contribution in [-0.4, -0.2) is 103 Å². The van der Waals surface area contributed by atoms with E-state index < -0.39 is 138 Å². The van der Waals surface area contributed by atoms with E-state index in [4.69, 9.17) is 4.74 Å². The molecule has 5 N–H and O–H groups in total. The Labute approximate surface area is 347 Å². The van der Waals surface area contributed by atoms with Crippen molar-refractivity contribution >= 4 is 58.2 Å². The van der Waals surface area contributed by atoms with E-state index in [0.29, 0.717) is 5.52 Å². The number of pyridine rings is 1. The number of esters is 2. The van der Waals surface area contributed by atoms with Crippen LogP contribution >= 0.6 is 0 Å². The van der Waals surface area contributed by atoms with Crippen LogP contribution in [0.1, 0.15) is 57.9 Å². The molecule has 1 heterocycles. The van der Waals surface area contributed by atoms with Crippen LogP contribution in [0.25, 0.3) is 10.9 Å². The number of carbonyl (C=O) groups is 8. The highest BCUT2D eigenvalue weighted by atomic mass is 19.2. The number of ketones is 1. The first kappa shape index (κ1) is 48.7. The summed E-state index contributed by atoms with van der Waals surface area (Å²) in [7, 11) is 2.00. The fourth-order valence-electron chi connectivity index (χ4n) is 5.53. The third-order valence-corrected chi connectivity index (χ3v) is 9.03. The number of hydrogen-bond acceptors (Lipinski definition) is 12. The van der Waals surface area contributed by atoms with E-state index >= 15 is 0 Å². The molecule has 2 aromatic carbocycles. The minimum absolute atomic E-state index is 0.0151. The molecule has 0 aliphatic heterocycles. The molecule has 5 atom stereocenters. The number of hydrogen-bond donors (Lipinski definition) is 5. The highest BCUT2D eigenvalue weighted by Gasteiger charge is 2.35. The first-order valence-electron chi connectivity index (χ1n) is 18.7. The Balaban J connectivity index is 1.72. The van der Waals surface area contributed by atoms with Crippen molar-refractivity contribution in [1.29, 1.82) is 0 Å². The number of aromatic nitrogens is 1. The molecule has 0 saturated heterocycles. The predicted molar refractivity (Wildman–Crippen MR) is 206 cm³/mol. The first-order chi connectivity index (χ1) is 28.7. The zero-order valence-electron chi connectivity index (χ0n) is 34.2. The lowest BCUT2D eigenvalue weighted by Crippen LogP contribution is -2.60. The van der Waals surface area contributed by atoms with Crippen LogP contribution in [0, 0.1) is 35.1 Å². The topological polar surface area (TPSA) is 237 Å². The second kappa shape index (κ2) is 22.1. The fraction of sp³-hybridized carbons (Fsp3) is 0.425. The number of carbonyl (C=O) groups excluding carboxylic acids is 8. The van der Waals surface area contributed by atoms with Gasteiger partial charge in [-0.2, -0.15) is 8.78 Å². The van der Waals surface area contributed by atoms with Gasteiger partial charge in [0.05, 0.1) is 32.6 Å². The van der Waals surface area contributed by atoms with Gasteiger partial charge in [-0.3, -0.25) is 38.4 Å². The van der Waals surface area contributed by atoms with Crippen molar-refractivity contribution in [3.63, 3.8) is 0 Å². The van der Waals surface area contributed by atoms with Crippen LogP contribution in [0.5, 0.6) is 5.75 Å². The molecule has 0 bridgehead atoms. The Morgan fingerprint density at radius 3 is 1.72 bits per heavy atom. The van der Waals surface area contributed by atoms with Crippen LogP contribution < -0.4 is 31.3 Å². The maximum atomic E-state index is 14.1. The maximum absolute atomic E-state index is 14.1. The van der Waals surface area contributed by atoms with Gasteiger partial charge in [-0.15, -0.1) is 0 Å². The van der Waals surface area contributed by atoms with Crippen LogP contribution in [0.15, 0.2) is 42.5 Å². The molecule has 0 saturated carbocycles. The Morgan fingerprint density at radius 1 is 0.623 bits per heavy atom. The summed E-state index contributed by atoms with van der Waals surface area (Å²) in [6.45, 7) is 6.18. The number of methoxy groups -OCH3 is 2. The second-order valence-electron chi connectivity index (χ2n) is 14.3. The highest BCUT2D eigenvalue weighted by Crippen LogP contribution is 2.26. The average molecular weight is 863 g/mol. The van der Waals surface area contributed by atoms with Crippen molar-refractivity contribution in [2.45, 2.75) is 77.7 Å². The number of nitrogens with one attached hydrogen (secondary N) is 5. The molecule has 17 nitrogen and oxygen atoms in total. The zero-order valence-corrected chi connectivity index (χ0v) is 34.2. The monoisotopic (exact) mass is 862 g/mol. The van der Waals surface area contributed by atoms with Gasteiger partial charge < -0.3 is 40.8 Å². The number of halogens is 4. The zero-order chi connectivity index (χ0) is 45.7. The summed E-state index contributed by atoms with van der Waals surface area (Å²) in [4.78, 5) is 109. The Kier molecular flexibility index (Phi) is 17.6. The third-order valence-electron chi connectivity index (χ3n) is 9.03. The first-order valence-corrected chi connectivity index (χ1v) is 18.7. The van der Waals surface area contributed by atoms with Crippen molar-refractivity contribution in [3.8, 4) is 5.75 Å². The molecule has 0 radical (unpaired) electrons. The van der Waals surface area contributed by atoms with E-state index in [9.17, 15) is 55.9 Å². The molecule has 3 rings (SSSR count). The van der Waals surface area contributed by atoms with Crippen LogP contribution in [-0.2, 0) is 43.0 Å². The lowest BCUT2D eigenvalue weighted by Gasteiger charge is -2.28. The molecule has 0 aliphatic carbocycles. The number of amides is 5. The molecule has 3 aromatic rings. The van der Waals surface area contributed by atoms with E-state index in [1.165, 1.54) is 19.9 Å². The van der Waals surface area contributed by atoms with Crippen LogP contribution in [0.2, 0.25) is 0 Å². The van der Waals surface area contributed by atoms with Gasteiger partial charge in [0.1, 0.15) is 42.5 Å². The Morgan fingerprint density at radius 2 is 1.15 bits per heavy atom. The summed E-state index contributed by atoms with van der Waals surface area (Å²) < 4.78 is 69.3. The number of rotatable bonds is 20. The molecule has 1 aromatic heterocycles. The van der Waals surface area contributed by atoms with Crippen LogP contribution in [0.3, 0.4) is 0 Å². The minimum atomic E-state index is -1.94. The van der Waals surface area contributed by atoms with Gasteiger partial charge >= 0.3 is 11.9 Å². The van der Waals surface area contributed by atoms with E-state index in [0.717, 1.165) is 26.5 Å². The number of benzene rings is 2. The van der Waals surface area contributed by atoms with Crippen molar-refractivity contribution < 1.29 is 70.1 Å². The van der Waals surface area contributed by atoms with E-state index in [1.807, 2.05) is 0 Å². The van der Waals surface area contributed by atoms with Crippen molar-refractivity contribution in [2.75, 3.05) is 20.8 Å².